The number of carbonyl (C=O) groups is 6. The Bertz CT molecular complexity index is 1890. The van der Waals surface area contributed by atoms with Gasteiger partial charge in [-0.25, -0.2) is 9.59 Å². The number of ether oxygens (including phenoxy) is 7. The minimum absolute atomic E-state index is 0.449. The summed E-state index contributed by atoms with van der Waals surface area (Å²) in [6, 6.07) is 25.3. The Labute approximate surface area is 337 Å². The van der Waals surface area contributed by atoms with E-state index in [1.807, 2.05) is 72.8 Å². The second kappa shape index (κ2) is 19.6. The zero-order valence-corrected chi connectivity index (χ0v) is 33.8. The zero-order chi connectivity index (χ0) is 42.7. The quantitative estimate of drug-likeness (QED) is 0.0980. The Hall–Kier alpha value is -5.80. The molecule has 1 N–H and O–H groups in total. The van der Waals surface area contributed by atoms with E-state index in [2.05, 4.69) is 0 Å². The molecule has 1 heterocycles. The summed E-state index contributed by atoms with van der Waals surface area (Å²) in [6.45, 7) is 8.24. The third kappa shape index (κ3) is 12.1. The first-order valence-electron chi connectivity index (χ1n) is 18.7. The van der Waals surface area contributed by atoms with Crippen molar-refractivity contribution >= 4 is 35.8 Å². The smallest absolute Gasteiger partial charge is 0.382 e. The fourth-order valence-electron chi connectivity index (χ4n) is 5.77. The highest BCUT2D eigenvalue weighted by Crippen LogP contribution is 2.34. The highest BCUT2D eigenvalue weighted by atomic mass is 16.8. The lowest BCUT2D eigenvalue weighted by Crippen LogP contribution is -2.53. The van der Waals surface area contributed by atoms with Crippen LogP contribution in [0, 0.1) is 10.8 Å². The molecule has 3 aromatic carbocycles. The maximum atomic E-state index is 14.4. The first-order chi connectivity index (χ1) is 27.3. The molecule has 4 atom stereocenters. The van der Waals surface area contributed by atoms with Gasteiger partial charge in [0.15, 0.2) is 6.10 Å². The van der Waals surface area contributed by atoms with Crippen LogP contribution in [0.15, 0.2) is 84.9 Å². The summed E-state index contributed by atoms with van der Waals surface area (Å²) in [7, 11) is 0. The number of nitrogens with zero attached hydrogens (tertiary/aromatic N) is 1. The maximum Gasteiger partial charge on any atom is 0.382 e. The monoisotopic (exact) mass is 805 g/mol. The Morgan fingerprint density at radius 1 is 0.759 bits per heavy atom. The van der Waals surface area contributed by atoms with Crippen LogP contribution in [0.2, 0.25) is 0 Å². The van der Waals surface area contributed by atoms with Gasteiger partial charge in [-0.2, -0.15) is 0 Å². The second-order valence-corrected chi connectivity index (χ2v) is 15.7. The Balaban J connectivity index is 1.63. The predicted molar refractivity (Wildman–Crippen MR) is 206 cm³/mol. The number of hydrogen-bond donors (Lipinski definition) is 1. The number of carboxylic acid groups (broad SMARTS) is 1. The lowest BCUT2D eigenvalue weighted by atomic mass is 9.85. The van der Waals surface area contributed by atoms with Crippen LogP contribution < -0.4 is 4.74 Å². The van der Waals surface area contributed by atoms with Crippen molar-refractivity contribution in [2.75, 3.05) is 26.7 Å². The molecular formula is C43H51NO14. The SMILES string of the molecule is C[C@H]([C@H](CCc1ccccc1)c1ccc(Oc2ccccc2)cc1)N(CC(=O)OCOC(=O)C(C)(C)C)C(=O)[C@@H]1CO[C@@](C(=O)O)(C(=O)OCOC(=O)C(C)(C)C)O1. The summed E-state index contributed by atoms with van der Waals surface area (Å²) in [6.07, 6.45) is -0.664. The number of hydrogen-bond acceptors (Lipinski definition) is 13. The summed E-state index contributed by atoms with van der Waals surface area (Å²) in [5.41, 5.74) is -0.0120. The third-order valence-electron chi connectivity index (χ3n) is 9.12. The van der Waals surface area contributed by atoms with Gasteiger partial charge in [0.2, 0.25) is 13.6 Å². The molecule has 1 aliphatic heterocycles. The fraction of sp³-hybridized carbons (Fsp3) is 0.442. The average molecular weight is 806 g/mol. The van der Waals surface area contributed by atoms with E-state index in [1.54, 1.807) is 60.6 Å². The standard InChI is InChI=1S/C43H51NO14/c1-28(33(23-18-29-14-10-8-11-15-29)30-19-21-32(22-20-30)57-31-16-12-9-13-17-31)44(24-35(45)52-26-53-38(49)41(2,3)4)36(46)34-25-56-43(58-34,37(47)48)40(51)55-27-54-39(50)42(5,6)7/h8-17,19-22,28,33-34H,18,23-27H2,1-7H3,(H,47,48)/t28-,33+,34+,43-/m1/s1. The van der Waals surface area contributed by atoms with Gasteiger partial charge in [-0.3, -0.25) is 19.2 Å². The molecule has 15 nitrogen and oxygen atoms in total. The molecule has 1 aliphatic rings. The van der Waals surface area contributed by atoms with E-state index in [9.17, 15) is 33.9 Å². The van der Waals surface area contributed by atoms with Crippen LogP contribution in [-0.4, -0.2) is 90.4 Å². The zero-order valence-electron chi connectivity index (χ0n) is 33.8. The minimum atomic E-state index is -3.09. The van der Waals surface area contributed by atoms with Crippen LogP contribution in [0.5, 0.6) is 11.5 Å². The molecule has 0 radical (unpaired) electrons. The van der Waals surface area contributed by atoms with Gasteiger partial charge in [-0.05, 0) is 96.7 Å². The Morgan fingerprint density at radius 2 is 1.29 bits per heavy atom. The molecule has 0 aromatic heterocycles. The van der Waals surface area contributed by atoms with Crippen molar-refractivity contribution in [3.8, 4) is 11.5 Å². The second-order valence-electron chi connectivity index (χ2n) is 15.7. The van der Waals surface area contributed by atoms with Gasteiger partial charge in [0, 0.05) is 12.0 Å². The molecule has 312 valence electrons. The molecule has 0 unspecified atom stereocenters. The van der Waals surface area contributed by atoms with Crippen molar-refractivity contribution < 1.29 is 67.0 Å². The minimum Gasteiger partial charge on any atom is -0.477 e. The molecule has 1 saturated heterocycles. The molecule has 4 rings (SSSR count). The van der Waals surface area contributed by atoms with E-state index in [4.69, 9.17) is 33.2 Å². The number of aliphatic carboxylic acids is 1. The third-order valence-corrected chi connectivity index (χ3v) is 9.12. The van der Waals surface area contributed by atoms with Crippen molar-refractivity contribution in [2.45, 2.75) is 85.2 Å². The van der Waals surface area contributed by atoms with Gasteiger partial charge < -0.3 is 43.2 Å². The van der Waals surface area contributed by atoms with Crippen LogP contribution >= 0.6 is 0 Å². The summed E-state index contributed by atoms with van der Waals surface area (Å²) in [4.78, 5) is 79.0. The molecule has 0 saturated carbocycles. The maximum absolute atomic E-state index is 14.4. The van der Waals surface area contributed by atoms with Crippen molar-refractivity contribution in [3.05, 3.63) is 96.1 Å². The van der Waals surface area contributed by atoms with Gasteiger partial charge in [-0.15, -0.1) is 0 Å². The first-order valence-corrected chi connectivity index (χ1v) is 18.7. The van der Waals surface area contributed by atoms with Gasteiger partial charge in [0.1, 0.15) is 18.0 Å². The van der Waals surface area contributed by atoms with Gasteiger partial charge in [0.05, 0.1) is 17.4 Å². The highest BCUT2D eigenvalue weighted by Gasteiger charge is 2.59. The molecule has 1 amide bonds. The molecule has 0 aliphatic carbocycles. The lowest BCUT2D eigenvalue weighted by Gasteiger charge is -2.36. The van der Waals surface area contributed by atoms with Crippen molar-refractivity contribution in [3.63, 3.8) is 0 Å². The Kier molecular flexibility index (Phi) is 15.2. The van der Waals surface area contributed by atoms with Gasteiger partial charge >= 0.3 is 35.6 Å². The number of carbonyl (C=O) groups excluding carboxylic acids is 5. The number of esters is 4. The summed E-state index contributed by atoms with van der Waals surface area (Å²) in [5.74, 6) is -9.03. The number of aryl methyl sites for hydroxylation is 1. The molecule has 15 heteroatoms. The van der Waals surface area contributed by atoms with E-state index >= 15 is 0 Å². The van der Waals surface area contributed by atoms with Gasteiger partial charge in [-0.1, -0.05) is 60.7 Å². The number of para-hydroxylation sites is 1. The van der Waals surface area contributed by atoms with E-state index in [0.29, 0.717) is 24.3 Å². The van der Waals surface area contributed by atoms with E-state index in [0.717, 1.165) is 16.0 Å². The largest absolute Gasteiger partial charge is 0.477 e. The predicted octanol–water partition coefficient (Wildman–Crippen LogP) is 5.79. The van der Waals surface area contributed by atoms with Crippen LogP contribution in [-0.2, 0) is 63.6 Å². The molecule has 0 spiro atoms. The van der Waals surface area contributed by atoms with Gasteiger partial charge in [0.25, 0.3) is 5.91 Å². The number of carboxylic acids is 1. The number of amides is 1. The fourth-order valence-corrected chi connectivity index (χ4v) is 5.77. The summed E-state index contributed by atoms with van der Waals surface area (Å²) < 4.78 is 37.0. The molecular weight excluding hydrogens is 754 g/mol. The van der Waals surface area contributed by atoms with Crippen LogP contribution in [0.4, 0.5) is 0 Å². The summed E-state index contributed by atoms with van der Waals surface area (Å²) in [5, 5.41) is 10.1. The number of benzene rings is 3. The lowest BCUT2D eigenvalue weighted by molar-refractivity contribution is -0.227. The molecule has 1 fully saturated rings. The molecule has 3 aromatic rings. The normalized spacial score (nSPS) is 17.6. The van der Waals surface area contributed by atoms with Crippen LogP contribution in [0.1, 0.15) is 71.9 Å². The molecule has 58 heavy (non-hydrogen) atoms. The molecule has 0 bridgehead atoms. The van der Waals surface area contributed by atoms with Crippen molar-refractivity contribution in [2.24, 2.45) is 10.8 Å². The number of rotatable bonds is 17. The van der Waals surface area contributed by atoms with E-state index in [1.165, 1.54) is 0 Å². The van der Waals surface area contributed by atoms with Crippen molar-refractivity contribution in [1.82, 2.24) is 4.90 Å². The van der Waals surface area contributed by atoms with E-state index in [-0.39, 0.29) is 0 Å². The Morgan fingerprint density at radius 3 is 1.84 bits per heavy atom. The van der Waals surface area contributed by atoms with Crippen LogP contribution in [0.3, 0.4) is 0 Å². The van der Waals surface area contributed by atoms with Crippen LogP contribution in [0.25, 0.3) is 0 Å². The average Bonchev–Trinajstić information content (AvgIpc) is 3.65. The topological polar surface area (TPSA) is 190 Å². The highest BCUT2D eigenvalue weighted by molar-refractivity contribution is 6.02. The van der Waals surface area contributed by atoms with E-state index < -0.39 is 97.2 Å². The van der Waals surface area contributed by atoms with Crippen molar-refractivity contribution in [1.29, 1.82) is 0 Å². The first kappa shape index (κ1) is 44.9. The summed E-state index contributed by atoms with van der Waals surface area (Å²) >= 11 is 0.